The molecule has 2 rings (SSSR count). The average Bonchev–Trinajstić information content (AvgIpc) is 2.55. The standard InChI is InChI=1S/C16H15NO3S/c1-19-13-9-7-12(8-10-13)11-17-21-15-6-4-3-5-14(15)16(18)20-2/h3-11H,1-2H3/b17-11+. The Morgan fingerprint density at radius 2 is 1.81 bits per heavy atom. The summed E-state index contributed by atoms with van der Waals surface area (Å²) in [5, 5.41) is 0. The molecule has 5 heteroatoms. The lowest BCUT2D eigenvalue weighted by atomic mass is 10.2. The molecule has 0 aliphatic carbocycles. The number of rotatable bonds is 5. The topological polar surface area (TPSA) is 47.9 Å². The fraction of sp³-hybridized carbons (Fsp3) is 0.125. The van der Waals surface area contributed by atoms with Crippen LogP contribution in [-0.4, -0.2) is 26.4 Å². The quantitative estimate of drug-likeness (QED) is 0.481. The van der Waals surface area contributed by atoms with Gasteiger partial charge in [-0.1, -0.05) is 12.1 Å². The number of methoxy groups -OCH3 is 2. The summed E-state index contributed by atoms with van der Waals surface area (Å²) in [6, 6.07) is 14.8. The largest absolute Gasteiger partial charge is 0.497 e. The fourth-order valence-corrected chi connectivity index (χ4v) is 2.34. The number of nitrogens with zero attached hydrogens (tertiary/aromatic N) is 1. The van der Waals surface area contributed by atoms with Gasteiger partial charge in [-0.3, -0.25) is 0 Å². The number of esters is 1. The third-order valence-corrected chi connectivity index (χ3v) is 3.52. The molecule has 2 aromatic carbocycles. The minimum absolute atomic E-state index is 0.363. The SMILES string of the molecule is COC(=O)c1ccccc1S/N=C/c1ccc(OC)cc1. The van der Waals surface area contributed by atoms with Crippen LogP contribution < -0.4 is 4.74 Å². The molecule has 108 valence electrons. The van der Waals surface area contributed by atoms with Crippen LogP contribution >= 0.6 is 11.9 Å². The minimum Gasteiger partial charge on any atom is -0.497 e. The Hall–Kier alpha value is -2.27. The maximum absolute atomic E-state index is 11.6. The Bertz CT molecular complexity index is 638. The molecular formula is C16H15NO3S. The summed E-state index contributed by atoms with van der Waals surface area (Å²) in [5.41, 5.74) is 1.47. The van der Waals surface area contributed by atoms with Crippen molar-refractivity contribution in [3.05, 3.63) is 59.7 Å². The molecule has 0 unspecified atom stereocenters. The van der Waals surface area contributed by atoms with E-state index in [1.54, 1.807) is 25.5 Å². The van der Waals surface area contributed by atoms with Gasteiger partial charge in [0, 0.05) is 23.1 Å². The summed E-state index contributed by atoms with van der Waals surface area (Å²) < 4.78 is 14.1. The summed E-state index contributed by atoms with van der Waals surface area (Å²) in [5.74, 6) is 0.439. The van der Waals surface area contributed by atoms with Gasteiger partial charge in [0.15, 0.2) is 0 Å². The second-order valence-electron chi connectivity index (χ2n) is 4.09. The molecule has 0 bridgehead atoms. The lowest BCUT2D eigenvalue weighted by Crippen LogP contribution is -2.02. The van der Waals surface area contributed by atoms with Crippen LogP contribution in [0.4, 0.5) is 0 Å². The zero-order valence-corrected chi connectivity index (χ0v) is 12.6. The maximum Gasteiger partial charge on any atom is 0.339 e. The highest BCUT2D eigenvalue weighted by Gasteiger charge is 2.10. The van der Waals surface area contributed by atoms with Crippen molar-refractivity contribution in [3.8, 4) is 5.75 Å². The molecule has 0 saturated carbocycles. The Morgan fingerprint density at radius 3 is 2.48 bits per heavy atom. The second-order valence-corrected chi connectivity index (χ2v) is 4.92. The van der Waals surface area contributed by atoms with Crippen molar-refractivity contribution in [1.82, 2.24) is 0 Å². The van der Waals surface area contributed by atoms with Gasteiger partial charge in [0.25, 0.3) is 0 Å². The molecule has 0 aromatic heterocycles. The smallest absolute Gasteiger partial charge is 0.339 e. The van der Waals surface area contributed by atoms with Gasteiger partial charge in [-0.05, 0) is 42.0 Å². The third kappa shape index (κ3) is 4.10. The Balaban J connectivity index is 2.08. The van der Waals surface area contributed by atoms with Crippen LogP contribution in [0.25, 0.3) is 0 Å². The normalized spacial score (nSPS) is 10.6. The summed E-state index contributed by atoms with van der Waals surface area (Å²) >= 11 is 1.23. The first-order valence-corrected chi connectivity index (χ1v) is 7.03. The molecule has 0 spiro atoms. The van der Waals surface area contributed by atoms with E-state index in [4.69, 9.17) is 9.47 Å². The molecular weight excluding hydrogens is 286 g/mol. The number of hydrogen-bond donors (Lipinski definition) is 0. The highest BCUT2D eigenvalue weighted by atomic mass is 32.2. The van der Waals surface area contributed by atoms with E-state index in [1.807, 2.05) is 36.4 Å². The molecule has 0 aliphatic rings. The molecule has 0 amide bonds. The van der Waals surface area contributed by atoms with E-state index in [-0.39, 0.29) is 5.97 Å². The number of ether oxygens (including phenoxy) is 2. The third-order valence-electron chi connectivity index (χ3n) is 2.76. The zero-order valence-electron chi connectivity index (χ0n) is 11.8. The van der Waals surface area contributed by atoms with Crippen molar-refractivity contribution in [2.75, 3.05) is 14.2 Å². The summed E-state index contributed by atoms with van der Waals surface area (Å²) in [7, 11) is 2.99. The fourth-order valence-electron chi connectivity index (χ4n) is 1.66. The van der Waals surface area contributed by atoms with Crippen molar-refractivity contribution < 1.29 is 14.3 Å². The predicted molar refractivity (Wildman–Crippen MR) is 84.2 cm³/mol. The minimum atomic E-state index is -0.363. The second kappa shape index (κ2) is 7.50. The van der Waals surface area contributed by atoms with Crippen LogP contribution in [-0.2, 0) is 4.74 Å². The average molecular weight is 301 g/mol. The Kier molecular flexibility index (Phi) is 5.40. The van der Waals surface area contributed by atoms with Crippen LogP contribution in [0.1, 0.15) is 15.9 Å². The lowest BCUT2D eigenvalue weighted by molar-refractivity contribution is 0.0597. The molecule has 0 fully saturated rings. The molecule has 0 aliphatic heterocycles. The van der Waals surface area contributed by atoms with Crippen LogP contribution in [0.3, 0.4) is 0 Å². The van der Waals surface area contributed by atoms with Crippen LogP contribution in [0.5, 0.6) is 5.75 Å². The van der Waals surface area contributed by atoms with Crippen LogP contribution in [0.2, 0.25) is 0 Å². The molecule has 0 radical (unpaired) electrons. The van der Waals surface area contributed by atoms with E-state index in [0.717, 1.165) is 16.2 Å². The molecule has 0 saturated heterocycles. The first kappa shape index (κ1) is 15.1. The van der Waals surface area contributed by atoms with Gasteiger partial charge >= 0.3 is 5.97 Å². The number of benzene rings is 2. The first-order valence-electron chi connectivity index (χ1n) is 6.26. The predicted octanol–water partition coefficient (Wildman–Crippen LogP) is 3.61. The van der Waals surface area contributed by atoms with E-state index in [2.05, 4.69) is 4.40 Å². The van der Waals surface area contributed by atoms with Gasteiger partial charge < -0.3 is 9.47 Å². The molecule has 4 nitrogen and oxygen atoms in total. The molecule has 2 aromatic rings. The number of carbonyl (C=O) groups excluding carboxylic acids is 1. The number of carbonyl (C=O) groups is 1. The highest BCUT2D eigenvalue weighted by molar-refractivity contribution is 7.98. The molecule has 0 atom stereocenters. The number of hydrogen-bond acceptors (Lipinski definition) is 5. The van der Waals surface area contributed by atoms with E-state index in [1.165, 1.54) is 19.1 Å². The monoisotopic (exact) mass is 301 g/mol. The first-order chi connectivity index (χ1) is 10.2. The van der Waals surface area contributed by atoms with E-state index < -0.39 is 0 Å². The van der Waals surface area contributed by atoms with Crippen molar-refractivity contribution >= 4 is 24.1 Å². The van der Waals surface area contributed by atoms with Crippen molar-refractivity contribution in [1.29, 1.82) is 0 Å². The van der Waals surface area contributed by atoms with Gasteiger partial charge in [0.05, 0.1) is 19.8 Å². The highest BCUT2D eigenvalue weighted by Crippen LogP contribution is 2.24. The van der Waals surface area contributed by atoms with Crippen molar-refractivity contribution in [2.45, 2.75) is 4.90 Å². The van der Waals surface area contributed by atoms with E-state index >= 15 is 0 Å². The Morgan fingerprint density at radius 1 is 1.10 bits per heavy atom. The van der Waals surface area contributed by atoms with Gasteiger partial charge in [0.1, 0.15) is 5.75 Å². The van der Waals surface area contributed by atoms with E-state index in [9.17, 15) is 4.79 Å². The van der Waals surface area contributed by atoms with Crippen molar-refractivity contribution in [2.24, 2.45) is 4.40 Å². The van der Waals surface area contributed by atoms with Gasteiger partial charge in [0.2, 0.25) is 0 Å². The molecule has 0 heterocycles. The van der Waals surface area contributed by atoms with Gasteiger partial charge in [-0.2, -0.15) is 0 Å². The van der Waals surface area contributed by atoms with Gasteiger partial charge in [-0.15, -0.1) is 0 Å². The zero-order chi connectivity index (χ0) is 15.1. The molecule has 0 N–H and O–H groups in total. The summed E-state index contributed by atoms with van der Waals surface area (Å²) in [6.07, 6.45) is 1.73. The van der Waals surface area contributed by atoms with Gasteiger partial charge in [-0.25, -0.2) is 9.19 Å². The summed E-state index contributed by atoms with van der Waals surface area (Å²) in [4.78, 5) is 12.4. The van der Waals surface area contributed by atoms with Crippen molar-refractivity contribution in [3.63, 3.8) is 0 Å². The molecule has 21 heavy (non-hydrogen) atoms. The van der Waals surface area contributed by atoms with E-state index in [0.29, 0.717) is 5.56 Å². The lowest BCUT2D eigenvalue weighted by Gasteiger charge is -2.03. The maximum atomic E-state index is 11.6. The summed E-state index contributed by atoms with van der Waals surface area (Å²) in [6.45, 7) is 0. The van der Waals surface area contributed by atoms with Crippen LogP contribution in [0.15, 0.2) is 57.8 Å². The van der Waals surface area contributed by atoms with Crippen LogP contribution in [0, 0.1) is 0 Å². The Labute approximate surface area is 127 Å².